The zero-order chi connectivity index (χ0) is 33.3. The van der Waals surface area contributed by atoms with Gasteiger partial charge in [-0.05, 0) is 60.0 Å². The molecular weight excluding hydrogens is 688 g/mol. The Morgan fingerprint density at radius 1 is 0.783 bits per heavy atom. The second-order valence-corrected chi connectivity index (χ2v) is 14.1. The largest absolute Gasteiger partial charge is 0.354 e. The van der Waals surface area contributed by atoms with E-state index in [1.165, 1.54) is 35.2 Å². The van der Waals surface area contributed by atoms with Gasteiger partial charge < -0.3 is 10.2 Å². The molecule has 0 aliphatic rings. The molecule has 0 bridgehead atoms. The van der Waals surface area contributed by atoms with Crippen LogP contribution in [0.2, 0.25) is 20.1 Å². The highest BCUT2D eigenvalue weighted by Crippen LogP contribution is 2.33. The Labute approximate surface area is 290 Å². The number of nitrogens with zero attached hydrogens (tertiary/aromatic N) is 2. The summed E-state index contributed by atoms with van der Waals surface area (Å²) >= 11 is 25.3. The van der Waals surface area contributed by atoms with E-state index in [0.29, 0.717) is 17.1 Å². The highest BCUT2D eigenvalue weighted by molar-refractivity contribution is 7.92. The van der Waals surface area contributed by atoms with Crippen LogP contribution in [-0.2, 0) is 32.6 Å². The monoisotopic (exact) mass is 719 g/mol. The quantitative estimate of drug-likeness (QED) is 0.134. The van der Waals surface area contributed by atoms with Crippen molar-refractivity contribution in [3.8, 4) is 0 Å². The number of hydrogen-bond donors (Lipinski definition) is 1. The first-order valence-corrected chi connectivity index (χ1v) is 17.5. The zero-order valence-corrected chi connectivity index (χ0v) is 28.8. The Morgan fingerprint density at radius 3 is 2.09 bits per heavy atom. The minimum Gasteiger partial charge on any atom is -0.354 e. The predicted octanol–water partition coefficient (Wildman–Crippen LogP) is 8.05. The van der Waals surface area contributed by atoms with Crippen LogP contribution >= 0.6 is 46.4 Å². The summed E-state index contributed by atoms with van der Waals surface area (Å²) in [6, 6.07) is 25.3. The molecule has 1 N–H and O–H groups in total. The van der Waals surface area contributed by atoms with Gasteiger partial charge in [-0.15, -0.1) is 0 Å². The van der Waals surface area contributed by atoms with Gasteiger partial charge in [0.15, 0.2) is 0 Å². The van der Waals surface area contributed by atoms with Gasteiger partial charge >= 0.3 is 0 Å². The van der Waals surface area contributed by atoms with Crippen LogP contribution in [0, 0.1) is 0 Å². The number of hydrogen-bond acceptors (Lipinski definition) is 4. The average Bonchev–Trinajstić information content (AvgIpc) is 3.05. The van der Waals surface area contributed by atoms with Gasteiger partial charge in [-0.3, -0.25) is 13.9 Å². The van der Waals surface area contributed by atoms with Gasteiger partial charge in [0.2, 0.25) is 11.8 Å². The molecule has 2 amide bonds. The van der Waals surface area contributed by atoms with Crippen LogP contribution in [0.5, 0.6) is 0 Å². The number of carbonyl (C=O) groups excluding carboxylic acids is 2. The fourth-order valence-corrected chi connectivity index (χ4v) is 7.01. The van der Waals surface area contributed by atoms with E-state index in [1.54, 1.807) is 36.4 Å². The standard InChI is InChI=1S/C34H33Cl4N3O4S/c1-2-3-18-39-34(43)32(20-24-10-6-4-7-11-24)40(22-25-14-16-28(36)30(38)19-25)33(42)23-41(31-21-26(35)15-17-29(31)37)46(44,45)27-12-8-5-9-13-27/h4-17,19,21,32H,2-3,18,20,22-23H2,1H3,(H,39,43)/t32-/m1/s1. The van der Waals surface area contributed by atoms with Crippen LogP contribution in [0.1, 0.15) is 30.9 Å². The Kier molecular flexibility index (Phi) is 12.8. The summed E-state index contributed by atoms with van der Waals surface area (Å²) in [6.45, 7) is 1.70. The molecule has 12 heteroatoms. The lowest BCUT2D eigenvalue weighted by atomic mass is 10.0. The number of unbranched alkanes of at least 4 members (excludes halogenated alkanes) is 1. The van der Waals surface area contributed by atoms with Crippen molar-refractivity contribution >= 4 is 73.9 Å². The summed E-state index contributed by atoms with van der Waals surface area (Å²) in [5.74, 6) is -1.02. The lowest BCUT2D eigenvalue weighted by Crippen LogP contribution is -2.53. The van der Waals surface area contributed by atoms with Crippen LogP contribution in [-0.4, -0.2) is 44.3 Å². The molecule has 4 aromatic carbocycles. The topological polar surface area (TPSA) is 86.8 Å². The molecular formula is C34H33Cl4N3O4S. The van der Waals surface area contributed by atoms with Gasteiger partial charge in [-0.1, -0.05) is 114 Å². The molecule has 1 atom stereocenters. The van der Waals surface area contributed by atoms with Crippen LogP contribution in [0.15, 0.2) is 102 Å². The fourth-order valence-electron chi connectivity index (χ4n) is 4.80. The van der Waals surface area contributed by atoms with E-state index < -0.39 is 28.5 Å². The van der Waals surface area contributed by atoms with Crippen molar-refractivity contribution in [3.63, 3.8) is 0 Å². The number of nitrogens with one attached hydrogen (secondary N) is 1. The number of halogens is 4. The molecule has 0 unspecified atom stereocenters. The molecule has 0 aliphatic carbocycles. The molecule has 0 spiro atoms. The summed E-state index contributed by atoms with van der Waals surface area (Å²) < 4.78 is 29.1. The molecule has 7 nitrogen and oxygen atoms in total. The van der Waals surface area contributed by atoms with Gasteiger partial charge in [0.05, 0.1) is 25.7 Å². The first-order chi connectivity index (χ1) is 22.0. The first kappa shape index (κ1) is 35.6. The average molecular weight is 722 g/mol. The highest BCUT2D eigenvalue weighted by Gasteiger charge is 2.35. The molecule has 0 radical (unpaired) electrons. The van der Waals surface area contributed by atoms with Gasteiger partial charge in [-0.25, -0.2) is 8.42 Å². The maximum absolute atomic E-state index is 14.5. The molecule has 0 fully saturated rings. The highest BCUT2D eigenvalue weighted by atomic mass is 35.5. The van der Waals surface area contributed by atoms with Gasteiger partial charge in [0.1, 0.15) is 12.6 Å². The Balaban J connectivity index is 1.82. The number of carbonyl (C=O) groups is 2. The second kappa shape index (κ2) is 16.5. The number of sulfonamides is 1. The first-order valence-electron chi connectivity index (χ1n) is 14.6. The predicted molar refractivity (Wildman–Crippen MR) is 186 cm³/mol. The normalized spacial score (nSPS) is 11.9. The third-order valence-corrected chi connectivity index (χ3v) is 10.3. The Bertz CT molecular complexity index is 1760. The molecule has 0 saturated carbocycles. The van der Waals surface area contributed by atoms with Gasteiger partial charge in [0.25, 0.3) is 10.0 Å². The van der Waals surface area contributed by atoms with E-state index >= 15 is 0 Å². The summed E-state index contributed by atoms with van der Waals surface area (Å²) in [5, 5.41) is 3.86. The van der Waals surface area contributed by atoms with E-state index in [4.69, 9.17) is 46.4 Å². The molecule has 0 aromatic heterocycles. The molecule has 4 rings (SSSR count). The summed E-state index contributed by atoms with van der Waals surface area (Å²) in [7, 11) is -4.33. The Morgan fingerprint density at radius 2 is 1.43 bits per heavy atom. The van der Waals surface area contributed by atoms with E-state index in [-0.39, 0.29) is 44.5 Å². The number of rotatable bonds is 14. The molecule has 0 saturated heterocycles. The molecule has 242 valence electrons. The summed E-state index contributed by atoms with van der Waals surface area (Å²) in [4.78, 5) is 29.7. The van der Waals surface area contributed by atoms with Gasteiger partial charge in [0, 0.05) is 24.5 Å². The third kappa shape index (κ3) is 9.17. The van der Waals surface area contributed by atoms with Crippen LogP contribution in [0.25, 0.3) is 0 Å². The van der Waals surface area contributed by atoms with Crippen LogP contribution in [0.4, 0.5) is 5.69 Å². The van der Waals surface area contributed by atoms with Gasteiger partial charge in [-0.2, -0.15) is 0 Å². The van der Waals surface area contributed by atoms with Crippen molar-refractivity contribution in [2.45, 2.75) is 43.7 Å². The van der Waals surface area contributed by atoms with Crippen molar-refractivity contribution in [1.29, 1.82) is 0 Å². The third-order valence-electron chi connectivity index (χ3n) is 7.22. The van der Waals surface area contributed by atoms with Crippen molar-refractivity contribution in [2.75, 3.05) is 17.4 Å². The van der Waals surface area contributed by atoms with Crippen LogP contribution in [0.3, 0.4) is 0 Å². The maximum atomic E-state index is 14.5. The molecule has 0 heterocycles. The van der Waals surface area contributed by atoms with Crippen molar-refractivity contribution in [2.24, 2.45) is 0 Å². The van der Waals surface area contributed by atoms with Crippen LogP contribution < -0.4 is 9.62 Å². The SMILES string of the molecule is CCCCNC(=O)[C@@H](Cc1ccccc1)N(Cc1ccc(Cl)c(Cl)c1)C(=O)CN(c1cc(Cl)ccc1Cl)S(=O)(=O)c1ccccc1. The summed E-state index contributed by atoms with van der Waals surface area (Å²) in [6.07, 6.45) is 1.79. The molecule has 0 aliphatic heterocycles. The summed E-state index contributed by atoms with van der Waals surface area (Å²) in [5.41, 5.74) is 1.44. The van der Waals surface area contributed by atoms with Crippen molar-refractivity contribution < 1.29 is 18.0 Å². The molecule has 4 aromatic rings. The Hall–Kier alpha value is -3.27. The smallest absolute Gasteiger partial charge is 0.264 e. The van der Waals surface area contributed by atoms with E-state index in [2.05, 4.69) is 5.32 Å². The lowest BCUT2D eigenvalue weighted by molar-refractivity contribution is -0.140. The number of benzene rings is 4. The fraction of sp³-hybridized carbons (Fsp3) is 0.235. The van der Waals surface area contributed by atoms with E-state index in [9.17, 15) is 18.0 Å². The number of anilines is 1. The lowest BCUT2D eigenvalue weighted by Gasteiger charge is -2.34. The molecule has 46 heavy (non-hydrogen) atoms. The second-order valence-electron chi connectivity index (χ2n) is 10.5. The number of amides is 2. The minimum atomic E-state index is -4.33. The minimum absolute atomic E-state index is 0.0212. The zero-order valence-electron chi connectivity index (χ0n) is 25.0. The van der Waals surface area contributed by atoms with E-state index in [0.717, 1.165) is 22.7 Å². The van der Waals surface area contributed by atoms with Crippen molar-refractivity contribution in [1.82, 2.24) is 10.2 Å². The van der Waals surface area contributed by atoms with Crippen molar-refractivity contribution in [3.05, 3.63) is 128 Å². The maximum Gasteiger partial charge on any atom is 0.264 e. The van der Waals surface area contributed by atoms with E-state index in [1.807, 2.05) is 37.3 Å².